The first kappa shape index (κ1) is 15.2. The lowest BCUT2D eigenvalue weighted by molar-refractivity contribution is -0.119. The molecule has 0 aromatic heterocycles. The molecule has 0 bridgehead atoms. The number of carbonyl (C=O) groups excluding carboxylic acids is 1. The van der Waals surface area contributed by atoms with Crippen LogP contribution in [0.5, 0.6) is 0 Å². The molecule has 1 amide bonds. The van der Waals surface area contributed by atoms with E-state index in [-0.39, 0.29) is 5.91 Å². The van der Waals surface area contributed by atoms with Crippen molar-refractivity contribution in [1.82, 2.24) is 5.32 Å². The van der Waals surface area contributed by atoms with Gasteiger partial charge in [-0.3, -0.25) is 4.79 Å². The van der Waals surface area contributed by atoms with E-state index in [1.807, 2.05) is 30.3 Å². The summed E-state index contributed by atoms with van der Waals surface area (Å²) >= 11 is 0. The molecule has 0 radical (unpaired) electrons. The first-order valence-corrected chi connectivity index (χ1v) is 7.35. The van der Waals surface area contributed by atoms with Gasteiger partial charge in [0.05, 0.1) is 0 Å². The van der Waals surface area contributed by atoms with Gasteiger partial charge in [-0.15, -0.1) is 0 Å². The van der Waals surface area contributed by atoms with Crippen molar-refractivity contribution in [1.29, 1.82) is 0 Å². The molecule has 0 aliphatic rings. The van der Waals surface area contributed by atoms with Crippen molar-refractivity contribution < 1.29 is 13.2 Å². The third kappa shape index (κ3) is 13.2. The topological polar surface area (TPSA) is 63.2 Å². The summed E-state index contributed by atoms with van der Waals surface area (Å²) in [7, 11) is 4.81. The van der Waals surface area contributed by atoms with E-state index in [2.05, 4.69) is 26.7 Å². The summed E-state index contributed by atoms with van der Waals surface area (Å²) in [6.07, 6.45) is 0. The van der Waals surface area contributed by atoms with Gasteiger partial charge in [0.2, 0.25) is 5.91 Å². The smallest absolute Gasteiger partial charge is 0.317 e. The third-order valence-corrected chi connectivity index (χ3v) is 1.38. The molecule has 1 rings (SSSR count). The quantitative estimate of drug-likeness (QED) is 0.845. The molecule has 0 aliphatic heterocycles. The largest absolute Gasteiger partial charge is 0.352 e. The van der Waals surface area contributed by atoms with Gasteiger partial charge in [0.1, 0.15) is 0 Å². The lowest BCUT2D eigenvalue weighted by Gasteiger charge is -2.00. The number of rotatable bonds is 2. The maximum Gasteiger partial charge on any atom is 0.317 e. The minimum Gasteiger partial charge on any atom is -0.352 e. The number of halogens is 2. The molecule has 0 atom stereocenters. The van der Waals surface area contributed by atoms with Gasteiger partial charge in [-0.25, -0.2) is 0 Å². The van der Waals surface area contributed by atoms with Crippen LogP contribution in [0, 0.1) is 0 Å². The van der Waals surface area contributed by atoms with Crippen molar-refractivity contribution in [3.8, 4) is 0 Å². The average molecular weight is 284 g/mol. The van der Waals surface area contributed by atoms with Crippen molar-refractivity contribution >= 4 is 35.5 Å². The van der Waals surface area contributed by atoms with E-state index in [9.17, 15) is 4.79 Å². The normalized spacial score (nSPS) is 9.94. The molecule has 0 saturated carbocycles. The molecule has 1 aromatic rings. The Balaban J connectivity index is 0.000000385. The van der Waals surface area contributed by atoms with Crippen molar-refractivity contribution in [2.75, 3.05) is 0 Å². The average Bonchev–Trinajstić information content (AvgIpc) is 2.14. The third-order valence-electron chi connectivity index (χ3n) is 1.38. The highest BCUT2D eigenvalue weighted by Crippen LogP contribution is 1.98. The second-order valence-electron chi connectivity index (χ2n) is 2.77. The zero-order valence-electron chi connectivity index (χ0n) is 8.48. The molecule has 0 unspecified atom stereocenters. The van der Waals surface area contributed by atoms with Crippen LogP contribution in [0.1, 0.15) is 12.5 Å². The molecule has 0 saturated heterocycles. The molecule has 0 heterocycles. The lowest BCUT2D eigenvalue weighted by Crippen LogP contribution is -2.18. The Morgan fingerprint density at radius 3 is 2.06 bits per heavy atom. The summed E-state index contributed by atoms with van der Waals surface area (Å²) < 4.78 is 18.3. The van der Waals surface area contributed by atoms with E-state index < -0.39 is 8.26 Å². The number of hydrogen-bond donors (Lipinski definition) is 1. The van der Waals surface area contributed by atoms with E-state index in [0.717, 1.165) is 5.56 Å². The second-order valence-corrected chi connectivity index (χ2v) is 6.44. The fourth-order valence-corrected chi connectivity index (χ4v) is 0.822. The Morgan fingerprint density at radius 1 is 1.25 bits per heavy atom. The van der Waals surface area contributed by atoms with E-state index in [1.165, 1.54) is 6.92 Å². The first-order chi connectivity index (χ1) is 7.29. The van der Waals surface area contributed by atoms with E-state index >= 15 is 0 Å². The van der Waals surface area contributed by atoms with Crippen LogP contribution in [0.4, 0.5) is 0 Å². The molecular formula is C9H11Cl2NO3S. The highest BCUT2D eigenvalue weighted by molar-refractivity contribution is 8.31. The Bertz CT molecular complexity index is 412. The van der Waals surface area contributed by atoms with Crippen LogP contribution in [0.3, 0.4) is 0 Å². The summed E-state index contributed by atoms with van der Waals surface area (Å²) in [6.45, 7) is 2.14. The van der Waals surface area contributed by atoms with Crippen LogP contribution in [-0.2, 0) is 19.6 Å². The summed E-state index contributed by atoms with van der Waals surface area (Å²) in [6, 6.07) is 9.83. The number of hydrogen-bond acceptors (Lipinski definition) is 3. The number of carbonyl (C=O) groups is 1. The van der Waals surface area contributed by atoms with Crippen molar-refractivity contribution in [2.45, 2.75) is 13.5 Å². The van der Waals surface area contributed by atoms with Crippen LogP contribution in [0.2, 0.25) is 0 Å². The Hall–Kier alpha value is -0.780. The molecule has 90 valence electrons. The van der Waals surface area contributed by atoms with E-state index in [0.29, 0.717) is 6.54 Å². The summed E-state index contributed by atoms with van der Waals surface area (Å²) in [5.74, 6) is 0.00820. The number of amides is 1. The van der Waals surface area contributed by atoms with Gasteiger partial charge < -0.3 is 5.32 Å². The van der Waals surface area contributed by atoms with Crippen LogP contribution in [0.25, 0.3) is 0 Å². The molecular weight excluding hydrogens is 273 g/mol. The predicted molar refractivity (Wildman–Crippen MR) is 64.6 cm³/mol. The lowest BCUT2D eigenvalue weighted by atomic mass is 10.2. The van der Waals surface area contributed by atoms with Gasteiger partial charge in [-0.1, -0.05) is 30.3 Å². The highest BCUT2D eigenvalue weighted by atomic mass is 36.0. The highest BCUT2D eigenvalue weighted by Gasteiger charge is 1.91. The minimum atomic E-state index is -3.72. The molecule has 0 fully saturated rings. The summed E-state index contributed by atoms with van der Waals surface area (Å²) in [5, 5.41) is 2.72. The van der Waals surface area contributed by atoms with Crippen LogP contribution < -0.4 is 5.32 Å². The van der Waals surface area contributed by atoms with Gasteiger partial charge in [0, 0.05) is 34.8 Å². The molecule has 0 spiro atoms. The molecule has 16 heavy (non-hydrogen) atoms. The molecule has 0 aliphatic carbocycles. The Kier molecular flexibility index (Phi) is 7.12. The molecule has 1 aromatic carbocycles. The Labute approximate surface area is 103 Å². The van der Waals surface area contributed by atoms with Gasteiger partial charge in [-0.2, -0.15) is 8.42 Å². The van der Waals surface area contributed by atoms with Gasteiger partial charge in [0.25, 0.3) is 0 Å². The Morgan fingerprint density at radius 2 is 1.69 bits per heavy atom. The van der Waals surface area contributed by atoms with E-state index in [4.69, 9.17) is 8.42 Å². The first-order valence-electron chi connectivity index (χ1n) is 4.21. The number of benzene rings is 1. The van der Waals surface area contributed by atoms with Crippen molar-refractivity contribution in [3.05, 3.63) is 35.9 Å². The SMILES string of the molecule is CC(=O)NCc1ccccc1.O=S(=O)(Cl)Cl. The summed E-state index contributed by atoms with van der Waals surface area (Å²) in [5.41, 5.74) is 1.13. The minimum absolute atomic E-state index is 0.00820. The predicted octanol–water partition coefficient (Wildman–Crippen LogP) is 2.03. The second kappa shape index (κ2) is 7.49. The number of nitrogens with one attached hydrogen (secondary N) is 1. The molecule has 7 heteroatoms. The summed E-state index contributed by atoms with van der Waals surface area (Å²) in [4.78, 5) is 10.5. The van der Waals surface area contributed by atoms with Crippen molar-refractivity contribution in [2.24, 2.45) is 0 Å². The van der Waals surface area contributed by atoms with Gasteiger partial charge in [0.15, 0.2) is 0 Å². The molecule has 1 N–H and O–H groups in total. The van der Waals surface area contributed by atoms with Crippen molar-refractivity contribution in [3.63, 3.8) is 0 Å². The zero-order chi connectivity index (χ0) is 12.6. The fraction of sp³-hybridized carbons (Fsp3) is 0.222. The van der Waals surface area contributed by atoms with Crippen LogP contribution in [-0.4, -0.2) is 14.3 Å². The van der Waals surface area contributed by atoms with Gasteiger partial charge in [-0.05, 0) is 5.56 Å². The fourth-order valence-electron chi connectivity index (χ4n) is 0.822. The zero-order valence-corrected chi connectivity index (χ0v) is 10.8. The standard InChI is InChI=1S/C9H11NO.Cl2O2S/c1-8(11)10-7-9-5-3-2-4-6-9;1-5(2,3)4/h2-6H,7H2,1H3,(H,10,11);. The maximum absolute atomic E-state index is 10.5. The van der Waals surface area contributed by atoms with Crippen LogP contribution >= 0.6 is 21.4 Å². The maximum atomic E-state index is 10.5. The van der Waals surface area contributed by atoms with Gasteiger partial charge >= 0.3 is 8.26 Å². The van der Waals surface area contributed by atoms with E-state index in [1.54, 1.807) is 0 Å². The van der Waals surface area contributed by atoms with Crippen LogP contribution in [0.15, 0.2) is 30.3 Å². The molecule has 4 nitrogen and oxygen atoms in total. The monoisotopic (exact) mass is 283 g/mol.